The van der Waals surface area contributed by atoms with Crippen molar-refractivity contribution in [2.45, 2.75) is 70.9 Å². The lowest BCUT2D eigenvalue weighted by atomic mass is 9.86. The van der Waals surface area contributed by atoms with Gasteiger partial charge >= 0.3 is 0 Å². The minimum atomic E-state index is -0.279. The summed E-state index contributed by atoms with van der Waals surface area (Å²) in [4.78, 5) is 0. The van der Waals surface area contributed by atoms with Crippen LogP contribution in [0.5, 0.6) is 0 Å². The summed E-state index contributed by atoms with van der Waals surface area (Å²) in [6.45, 7) is 4.81. The zero-order chi connectivity index (χ0) is 14.3. The molecule has 1 saturated carbocycles. The maximum absolute atomic E-state index is 10.00. The number of hydrogen-bond donors (Lipinski definition) is 4. The molecule has 1 aliphatic rings. The molecule has 0 spiro atoms. The largest absolute Gasteiger partial charge is 0.409 e. The first-order valence-corrected chi connectivity index (χ1v) is 7.37. The molecule has 0 bridgehead atoms. The van der Waals surface area contributed by atoms with Crippen molar-refractivity contribution in [1.29, 1.82) is 0 Å². The molecule has 0 saturated heterocycles. The molecule has 5 N–H and O–H groups in total. The second-order valence-corrected chi connectivity index (χ2v) is 6.24. The van der Waals surface area contributed by atoms with Crippen LogP contribution >= 0.6 is 0 Å². The SMILES string of the molecule is CC(C)(CCCNC1CCCCCC1O)C(N)=NO. The third kappa shape index (κ3) is 5.37. The number of nitrogens with two attached hydrogens (primary N) is 1. The van der Waals surface area contributed by atoms with Crippen LogP contribution in [0.2, 0.25) is 0 Å². The molecule has 19 heavy (non-hydrogen) atoms. The van der Waals surface area contributed by atoms with Gasteiger partial charge in [-0.3, -0.25) is 0 Å². The van der Waals surface area contributed by atoms with E-state index in [1.165, 1.54) is 12.8 Å². The lowest BCUT2D eigenvalue weighted by molar-refractivity contribution is 0.119. The van der Waals surface area contributed by atoms with Crippen LogP contribution in [0.4, 0.5) is 0 Å². The smallest absolute Gasteiger partial charge is 0.144 e. The molecule has 2 unspecified atom stereocenters. The molecule has 1 fully saturated rings. The summed E-state index contributed by atoms with van der Waals surface area (Å²) >= 11 is 0. The number of aliphatic hydroxyl groups is 1. The van der Waals surface area contributed by atoms with Gasteiger partial charge in [-0.2, -0.15) is 0 Å². The summed E-state index contributed by atoms with van der Waals surface area (Å²) < 4.78 is 0. The fraction of sp³-hybridized carbons (Fsp3) is 0.929. The highest BCUT2D eigenvalue weighted by Crippen LogP contribution is 2.22. The Balaban J connectivity index is 2.26. The predicted molar refractivity (Wildman–Crippen MR) is 77.3 cm³/mol. The van der Waals surface area contributed by atoms with Crippen LogP contribution in [0.3, 0.4) is 0 Å². The molecular weight excluding hydrogens is 242 g/mol. The number of nitrogens with zero attached hydrogens (tertiary/aromatic N) is 1. The van der Waals surface area contributed by atoms with Crippen molar-refractivity contribution in [2.24, 2.45) is 16.3 Å². The Bertz CT molecular complexity index is 292. The van der Waals surface area contributed by atoms with E-state index in [4.69, 9.17) is 10.9 Å². The van der Waals surface area contributed by atoms with Gasteiger partial charge in [0.1, 0.15) is 5.84 Å². The van der Waals surface area contributed by atoms with E-state index in [1.54, 1.807) is 0 Å². The van der Waals surface area contributed by atoms with Gasteiger partial charge in [0.25, 0.3) is 0 Å². The highest BCUT2D eigenvalue weighted by atomic mass is 16.4. The maximum Gasteiger partial charge on any atom is 0.144 e. The van der Waals surface area contributed by atoms with Gasteiger partial charge in [-0.25, -0.2) is 0 Å². The maximum atomic E-state index is 10.00. The van der Waals surface area contributed by atoms with Crippen molar-refractivity contribution in [3.8, 4) is 0 Å². The third-order valence-corrected chi connectivity index (χ3v) is 4.17. The molecule has 1 rings (SSSR count). The fourth-order valence-corrected chi connectivity index (χ4v) is 2.61. The zero-order valence-corrected chi connectivity index (χ0v) is 12.2. The van der Waals surface area contributed by atoms with Crippen molar-refractivity contribution in [1.82, 2.24) is 5.32 Å². The van der Waals surface area contributed by atoms with Gasteiger partial charge in [-0.05, 0) is 32.2 Å². The molecule has 0 aromatic carbocycles. The Kier molecular flexibility index (Phi) is 6.58. The van der Waals surface area contributed by atoms with E-state index in [-0.39, 0.29) is 23.4 Å². The molecule has 0 heterocycles. The minimum absolute atomic E-state index is 0.209. The Morgan fingerprint density at radius 3 is 2.68 bits per heavy atom. The molecule has 0 aliphatic heterocycles. The third-order valence-electron chi connectivity index (χ3n) is 4.17. The molecular formula is C14H29N3O2. The first kappa shape index (κ1) is 16.2. The van der Waals surface area contributed by atoms with Gasteiger partial charge < -0.3 is 21.4 Å². The average molecular weight is 271 g/mol. The lowest BCUT2D eigenvalue weighted by Gasteiger charge is -2.25. The van der Waals surface area contributed by atoms with Gasteiger partial charge in [0, 0.05) is 11.5 Å². The minimum Gasteiger partial charge on any atom is -0.409 e. The van der Waals surface area contributed by atoms with Crippen LogP contribution in [-0.2, 0) is 0 Å². The van der Waals surface area contributed by atoms with Crippen LogP contribution in [0.25, 0.3) is 0 Å². The summed E-state index contributed by atoms with van der Waals surface area (Å²) in [5.74, 6) is 0.280. The van der Waals surface area contributed by atoms with Crippen LogP contribution in [0.15, 0.2) is 5.16 Å². The Hall–Kier alpha value is -0.810. The fourth-order valence-electron chi connectivity index (χ4n) is 2.61. The number of oxime groups is 1. The average Bonchev–Trinajstić information content (AvgIpc) is 2.58. The highest BCUT2D eigenvalue weighted by Gasteiger charge is 2.24. The summed E-state index contributed by atoms with van der Waals surface area (Å²) in [6.07, 6.45) is 7.13. The highest BCUT2D eigenvalue weighted by molar-refractivity contribution is 5.85. The van der Waals surface area contributed by atoms with Crippen LogP contribution in [0.1, 0.15) is 58.8 Å². The van der Waals surface area contributed by atoms with Crippen molar-refractivity contribution in [2.75, 3.05) is 6.54 Å². The van der Waals surface area contributed by atoms with Gasteiger partial charge in [-0.15, -0.1) is 0 Å². The van der Waals surface area contributed by atoms with Crippen LogP contribution in [-0.4, -0.2) is 34.8 Å². The zero-order valence-electron chi connectivity index (χ0n) is 12.2. The van der Waals surface area contributed by atoms with Crippen LogP contribution < -0.4 is 11.1 Å². The van der Waals surface area contributed by atoms with E-state index >= 15 is 0 Å². The van der Waals surface area contributed by atoms with Crippen molar-refractivity contribution in [3.63, 3.8) is 0 Å². The quantitative estimate of drug-likeness (QED) is 0.148. The second-order valence-electron chi connectivity index (χ2n) is 6.24. The molecule has 5 nitrogen and oxygen atoms in total. The molecule has 0 amide bonds. The number of amidine groups is 1. The molecule has 0 radical (unpaired) electrons. The van der Waals surface area contributed by atoms with E-state index in [0.29, 0.717) is 0 Å². The summed E-state index contributed by atoms with van der Waals surface area (Å²) in [6, 6.07) is 0.231. The number of aliphatic hydroxyl groups excluding tert-OH is 1. The summed E-state index contributed by atoms with van der Waals surface area (Å²) in [7, 11) is 0. The van der Waals surface area contributed by atoms with E-state index in [2.05, 4.69) is 10.5 Å². The van der Waals surface area contributed by atoms with Gasteiger partial charge in [0.05, 0.1) is 6.10 Å². The first-order valence-electron chi connectivity index (χ1n) is 7.37. The van der Waals surface area contributed by atoms with Crippen LogP contribution in [0, 0.1) is 5.41 Å². The number of rotatable bonds is 6. The number of hydrogen-bond acceptors (Lipinski definition) is 4. The van der Waals surface area contributed by atoms with Crippen molar-refractivity contribution >= 4 is 5.84 Å². The Morgan fingerprint density at radius 2 is 2.00 bits per heavy atom. The standard InChI is InChI=1S/C14H29N3O2/c1-14(2,13(15)17-19)9-6-10-16-11-7-4-3-5-8-12(11)18/h11-12,16,18-19H,3-10H2,1-2H3,(H2,15,17). The number of nitrogens with one attached hydrogen (secondary N) is 1. The van der Waals surface area contributed by atoms with E-state index in [1.807, 2.05) is 13.8 Å². The lowest BCUT2D eigenvalue weighted by Crippen LogP contribution is -2.40. The Morgan fingerprint density at radius 1 is 1.32 bits per heavy atom. The first-order chi connectivity index (χ1) is 8.97. The van der Waals surface area contributed by atoms with Crippen molar-refractivity contribution < 1.29 is 10.3 Å². The molecule has 0 aromatic rings. The monoisotopic (exact) mass is 271 g/mol. The topological polar surface area (TPSA) is 90.9 Å². The molecule has 0 aromatic heterocycles. The molecule has 112 valence electrons. The normalized spacial score (nSPS) is 26.2. The summed E-state index contributed by atoms with van der Waals surface area (Å²) in [5.41, 5.74) is 5.38. The molecule has 2 atom stereocenters. The van der Waals surface area contributed by atoms with Gasteiger partial charge in [-0.1, -0.05) is 38.3 Å². The Labute approximate surface area is 116 Å². The molecule has 1 aliphatic carbocycles. The van der Waals surface area contributed by atoms with Gasteiger partial charge in [0.2, 0.25) is 0 Å². The van der Waals surface area contributed by atoms with Crippen molar-refractivity contribution in [3.05, 3.63) is 0 Å². The van der Waals surface area contributed by atoms with Gasteiger partial charge in [0.15, 0.2) is 0 Å². The van der Waals surface area contributed by atoms with E-state index < -0.39 is 0 Å². The van der Waals surface area contributed by atoms with E-state index in [9.17, 15) is 5.11 Å². The predicted octanol–water partition coefficient (Wildman–Crippen LogP) is 1.82. The summed E-state index contributed by atoms with van der Waals surface area (Å²) in [5, 5.41) is 25.2. The van der Waals surface area contributed by atoms with E-state index in [0.717, 1.165) is 38.6 Å². The second kappa shape index (κ2) is 7.70. The molecule has 5 heteroatoms.